The minimum absolute atomic E-state index is 0.116. The van der Waals surface area contributed by atoms with Gasteiger partial charge in [0.2, 0.25) is 0 Å². The molecule has 5 N–H and O–H groups in total. The summed E-state index contributed by atoms with van der Waals surface area (Å²) in [5.74, 6) is -0.657. The zero-order valence-corrected chi connectivity index (χ0v) is 12.4. The molecule has 0 saturated heterocycles. The Morgan fingerprint density at radius 1 is 1.24 bits per heavy atom. The summed E-state index contributed by atoms with van der Waals surface area (Å²) in [6.45, 7) is 0.569. The largest absolute Gasteiger partial charge is 0.397 e. The van der Waals surface area contributed by atoms with Gasteiger partial charge >= 0.3 is 0 Å². The standard InChI is InChI=1S/C15H17ClFN3O/c1-21-7-6-9-4-2-3-5-12(9)20-15-11(19)8-10(18)13(16)14(15)17/h2-5,8,20H,6-7,18-19H2,1H3. The Balaban J connectivity index is 2.37. The van der Waals surface area contributed by atoms with E-state index >= 15 is 0 Å². The fourth-order valence-electron chi connectivity index (χ4n) is 2.00. The quantitative estimate of drug-likeness (QED) is 0.738. The number of hydrogen-bond acceptors (Lipinski definition) is 4. The van der Waals surface area contributed by atoms with E-state index in [2.05, 4.69) is 5.32 Å². The average Bonchev–Trinajstić information content (AvgIpc) is 2.48. The SMILES string of the molecule is COCCc1ccccc1Nc1c(N)cc(N)c(Cl)c1F. The number of methoxy groups -OCH3 is 1. The minimum atomic E-state index is -0.657. The van der Waals surface area contributed by atoms with E-state index in [1.807, 2.05) is 24.3 Å². The van der Waals surface area contributed by atoms with Crippen LogP contribution in [0.15, 0.2) is 30.3 Å². The highest BCUT2D eigenvalue weighted by atomic mass is 35.5. The summed E-state index contributed by atoms with van der Waals surface area (Å²) >= 11 is 5.83. The first-order valence-corrected chi connectivity index (χ1v) is 6.79. The first-order valence-electron chi connectivity index (χ1n) is 6.41. The van der Waals surface area contributed by atoms with E-state index in [0.29, 0.717) is 13.0 Å². The van der Waals surface area contributed by atoms with Gasteiger partial charge in [-0.05, 0) is 24.1 Å². The van der Waals surface area contributed by atoms with E-state index in [0.717, 1.165) is 11.3 Å². The van der Waals surface area contributed by atoms with Crippen molar-refractivity contribution in [2.24, 2.45) is 0 Å². The number of nitrogens with two attached hydrogens (primary N) is 2. The van der Waals surface area contributed by atoms with Gasteiger partial charge in [0, 0.05) is 12.8 Å². The number of rotatable bonds is 5. The molecule has 4 nitrogen and oxygen atoms in total. The predicted molar refractivity (Wildman–Crippen MR) is 85.5 cm³/mol. The third-order valence-corrected chi connectivity index (χ3v) is 3.50. The molecule has 0 radical (unpaired) electrons. The average molecular weight is 310 g/mol. The zero-order chi connectivity index (χ0) is 15.4. The van der Waals surface area contributed by atoms with Crippen LogP contribution in [0.1, 0.15) is 5.56 Å². The number of para-hydroxylation sites is 1. The van der Waals surface area contributed by atoms with Crippen LogP contribution in [0.25, 0.3) is 0 Å². The molecule has 0 spiro atoms. The molecule has 6 heteroatoms. The summed E-state index contributed by atoms with van der Waals surface area (Å²) in [6, 6.07) is 8.98. The minimum Gasteiger partial charge on any atom is -0.397 e. The van der Waals surface area contributed by atoms with Crippen molar-refractivity contribution in [3.8, 4) is 0 Å². The van der Waals surface area contributed by atoms with Crippen LogP contribution in [0.2, 0.25) is 5.02 Å². The van der Waals surface area contributed by atoms with Gasteiger partial charge in [-0.25, -0.2) is 4.39 Å². The summed E-state index contributed by atoms with van der Waals surface area (Å²) in [5.41, 5.74) is 13.6. The maximum Gasteiger partial charge on any atom is 0.169 e. The highest BCUT2D eigenvalue weighted by Gasteiger charge is 2.15. The molecule has 0 aliphatic rings. The monoisotopic (exact) mass is 309 g/mol. The molecule has 112 valence electrons. The number of halogens is 2. The molecule has 21 heavy (non-hydrogen) atoms. The maximum atomic E-state index is 14.2. The van der Waals surface area contributed by atoms with Gasteiger partial charge in [-0.3, -0.25) is 0 Å². The molecular formula is C15H17ClFN3O. The Morgan fingerprint density at radius 3 is 2.67 bits per heavy atom. The third kappa shape index (κ3) is 3.37. The molecule has 2 rings (SSSR count). The molecule has 0 heterocycles. The summed E-state index contributed by atoms with van der Waals surface area (Å²) in [7, 11) is 1.63. The van der Waals surface area contributed by atoms with Crippen molar-refractivity contribution in [2.75, 3.05) is 30.5 Å². The van der Waals surface area contributed by atoms with Gasteiger partial charge in [0.1, 0.15) is 5.02 Å². The predicted octanol–water partition coefficient (Wildman–Crippen LogP) is 3.58. The number of hydrogen-bond donors (Lipinski definition) is 3. The number of benzene rings is 2. The Kier molecular flexibility index (Phi) is 4.88. The Hall–Kier alpha value is -1.98. The number of anilines is 4. The van der Waals surface area contributed by atoms with Crippen LogP contribution in [0.5, 0.6) is 0 Å². The van der Waals surface area contributed by atoms with E-state index < -0.39 is 5.82 Å². The third-order valence-electron chi connectivity index (χ3n) is 3.12. The highest BCUT2D eigenvalue weighted by molar-refractivity contribution is 6.33. The van der Waals surface area contributed by atoms with Gasteiger partial charge in [0.15, 0.2) is 5.82 Å². The highest BCUT2D eigenvalue weighted by Crippen LogP contribution is 2.36. The first-order chi connectivity index (χ1) is 10.0. The molecule has 0 bridgehead atoms. The number of ether oxygens (including phenoxy) is 1. The lowest BCUT2D eigenvalue weighted by atomic mass is 10.1. The zero-order valence-electron chi connectivity index (χ0n) is 11.6. The topological polar surface area (TPSA) is 73.3 Å². The van der Waals surface area contributed by atoms with Crippen molar-refractivity contribution in [3.63, 3.8) is 0 Å². The molecule has 0 unspecified atom stereocenters. The van der Waals surface area contributed by atoms with Crippen LogP contribution in [-0.2, 0) is 11.2 Å². The summed E-state index contributed by atoms with van der Waals surface area (Å²) in [6.07, 6.45) is 0.698. The Bertz CT molecular complexity index is 649. The van der Waals surface area contributed by atoms with Gasteiger partial charge in [-0.1, -0.05) is 29.8 Å². The molecular weight excluding hydrogens is 293 g/mol. The first kappa shape index (κ1) is 15.4. The second kappa shape index (κ2) is 6.65. The van der Waals surface area contributed by atoms with Crippen LogP contribution in [0.4, 0.5) is 27.1 Å². The summed E-state index contributed by atoms with van der Waals surface area (Å²) in [5, 5.41) is 2.85. The van der Waals surface area contributed by atoms with E-state index in [-0.39, 0.29) is 22.1 Å². The number of nitrogen functional groups attached to an aromatic ring is 2. The molecule has 2 aromatic rings. The van der Waals surface area contributed by atoms with Crippen LogP contribution in [0.3, 0.4) is 0 Å². The molecule has 0 amide bonds. The second-order valence-electron chi connectivity index (χ2n) is 4.58. The van der Waals surface area contributed by atoms with Gasteiger partial charge < -0.3 is 21.5 Å². The summed E-state index contributed by atoms with van der Waals surface area (Å²) in [4.78, 5) is 0. The smallest absolute Gasteiger partial charge is 0.169 e. The normalized spacial score (nSPS) is 10.6. The van der Waals surface area contributed by atoms with E-state index in [4.69, 9.17) is 27.8 Å². The van der Waals surface area contributed by atoms with Crippen molar-refractivity contribution in [1.29, 1.82) is 0 Å². The molecule has 0 atom stereocenters. The van der Waals surface area contributed by atoms with E-state index in [1.165, 1.54) is 6.07 Å². The lowest BCUT2D eigenvalue weighted by molar-refractivity contribution is 0.202. The molecule has 0 aliphatic carbocycles. The second-order valence-corrected chi connectivity index (χ2v) is 4.96. The lowest BCUT2D eigenvalue weighted by Gasteiger charge is -2.15. The molecule has 0 fully saturated rings. The van der Waals surface area contributed by atoms with Crippen molar-refractivity contribution in [3.05, 3.63) is 46.7 Å². The summed E-state index contributed by atoms with van der Waals surface area (Å²) < 4.78 is 19.3. The lowest BCUT2D eigenvalue weighted by Crippen LogP contribution is -2.05. The van der Waals surface area contributed by atoms with Gasteiger partial charge in [-0.15, -0.1) is 0 Å². The van der Waals surface area contributed by atoms with Crippen LogP contribution >= 0.6 is 11.6 Å². The molecule has 0 aromatic heterocycles. The van der Waals surface area contributed by atoms with Crippen LogP contribution < -0.4 is 16.8 Å². The van der Waals surface area contributed by atoms with Crippen molar-refractivity contribution >= 4 is 34.4 Å². The van der Waals surface area contributed by atoms with E-state index in [9.17, 15) is 4.39 Å². The van der Waals surface area contributed by atoms with E-state index in [1.54, 1.807) is 7.11 Å². The fourth-order valence-corrected chi connectivity index (χ4v) is 2.15. The van der Waals surface area contributed by atoms with Crippen molar-refractivity contribution < 1.29 is 9.13 Å². The van der Waals surface area contributed by atoms with Gasteiger partial charge in [0.25, 0.3) is 0 Å². The van der Waals surface area contributed by atoms with Crippen molar-refractivity contribution in [1.82, 2.24) is 0 Å². The number of nitrogens with one attached hydrogen (secondary N) is 1. The Morgan fingerprint density at radius 2 is 1.95 bits per heavy atom. The maximum absolute atomic E-state index is 14.2. The van der Waals surface area contributed by atoms with Gasteiger partial charge in [-0.2, -0.15) is 0 Å². The van der Waals surface area contributed by atoms with Crippen molar-refractivity contribution in [2.45, 2.75) is 6.42 Å². The fraction of sp³-hybridized carbons (Fsp3) is 0.200. The van der Waals surface area contributed by atoms with Crippen LogP contribution in [-0.4, -0.2) is 13.7 Å². The molecule has 0 aliphatic heterocycles. The van der Waals surface area contributed by atoms with Gasteiger partial charge in [0.05, 0.1) is 23.7 Å². The molecule has 2 aromatic carbocycles. The Labute approximate surface area is 127 Å². The van der Waals surface area contributed by atoms with Crippen LogP contribution in [0, 0.1) is 5.82 Å². The molecule has 0 saturated carbocycles.